The third-order valence-electron chi connectivity index (χ3n) is 4.20. The van der Waals surface area contributed by atoms with Gasteiger partial charge in [-0.05, 0) is 43.2 Å². The van der Waals surface area contributed by atoms with Gasteiger partial charge in [0.1, 0.15) is 11.3 Å². The summed E-state index contributed by atoms with van der Waals surface area (Å²) in [6.07, 6.45) is 6.23. The van der Waals surface area contributed by atoms with Crippen LogP contribution >= 0.6 is 0 Å². The maximum atomic E-state index is 12.8. The minimum absolute atomic E-state index is 0.131. The fourth-order valence-electron chi connectivity index (χ4n) is 2.75. The molecule has 0 fully saturated rings. The quantitative estimate of drug-likeness (QED) is 0.649. The number of hydrogen-bond acceptors (Lipinski definition) is 5. The standard InChI is InChI=1S/C20H21N3O4/c1-14-9-11-23(15-7-8-17(26-2)22-13-15)20(25)18(14)19(24)21-10-3-5-16-6-4-12-27-16/h4,6-9,11-13H,3,5,10H2,1-2H3,(H,21,24). The molecule has 0 aromatic carbocycles. The van der Waals surface area contributed by atoms with Gasteiger partial charge in [-0.1, -0.05) is 0 Å². The number of ether oxygens (including phenoxy) is 1. The predicted octanol–water partition coefficient (Wildman–Crippen LogP) is 2.51. The third-order valence-corrected chi connectivity index (χ3v) is 4.20. The van der Waals surface area contributed by atoms with E-state index in [1.807, 2.05) is 12.1 Å². The van der Waals surface area contributed by atoms with Crippen molar-refractivity contribution in [1.82, 2.24) is 14.9 Å². The highest BCUT2D eigenvalue weighted by Crippen LogP contribution is 2.11. The number of carbonyl (C=O) groups excluding carboxylic acids is 1. The number of furan rings is 1. The van der Waals surface area contributed by atoms with Crippen molar-refractivity contribution in [3.8, 4) is 11.6 Å². The normalized spacial score (nSPS) is 10.6. The number of hydrogen-bond donors (Lipinski definition) is 1. The molecule has 0 atom stereocenters. The molecule has 140 valence electrons. The number of carbonyl (C=O) groups is 1. The second-order valence-electron chi connectivity index (χ2n) is 6.05. The molecule has 27 heavy (non-hydrogen) atoms. The van der Waals surface area contributed by atoms with Gasteiger partial charge in [0.2, 0.25) is 5.88 Å². The highest BCUT2D eigenvalue weighted by Gasteiger charge is 2.16. The molecule has 1 N–H and O–H groups in total. The first-order valence-electron chi connectivity index (χ1n) is 8.63. The van der Waals surface area contributed by atoms with Gasteiger partial charge in [-0.2, -0.15) is 0 Å². The molecule has 0 saturated heterocycles. The van der Waals surface area contributed by atoms with Crippen LogP contribution in [0, 0.1) is 6.92 Å². The van der Waals surface area contributed by atoms with E-state index in [-0.39, 0.29) is 17.0 Å². The van der Waals surface area contributed by atoms with Crippen molar-refractivity contribution >= 4 is 5.91 Å². The molecule has 3 aromatic heterocycles. The number of amides is 1. The SMILES string of the molecule is COc1ccc(-n2ccc(C)c(C(=O)NCCCc3ccco3)c2=O)cn1. The zero-order chi connectivity index (χ0) is 19.2. The minimum Gasteiger partial charge on any atom is -0.481 e. The van der Waals surface area contributed by atoms with Crippen molar-refractivity contribution in [3.63, 3.8) is 0 Å². The molecule has 1 amide bonds. The molecule has 3 aromatic rings. The Labute approximate surface area is 156 Å². The van der Waals surface area contributed by atoms with E-state index in [1.165, 1.54) is 17.9 Å². The van der Waals surface area contributed by atoms with Gasteiger partial charge < -0.3 is 14.5 Å². The topological polar surface area (TPSA) is 86.4 Å². The van der Waals surface area contributed by atoms with Crippen molar-refractivity contribution in [1.29, 1.82) is 0 Å². The van der Waals surface area contributed by atoms with Crippen LogP contribution in [0.15, 0.2) is 58.2 Å². The molecular formula is C20H21N3O4. The fraction of sp³-hybridized carbons (Fsp3) is 0.250. The van der Waals surface area contributed by atoms with E-state index in [2.05, 4.69) is 10.3 Å². The smallest absolute Gasteiger partial charge is 0.268 e. The first-order valence-corrected chi connectivity index (χ1v) is 8.63. The van der Waals surface area contributed by atoms with Crippen LogP contribution in [-0.4, -0.2) is 29.1 Å². The van der Waals surface area contributed by atoms with Gasteiger partial charge in [-0.25, -0.2) is 4.98 Å². The predicted molar refractivity (Wildman–Crippen MR) is 100 cm³/mol. The van der Waals surface area contributed by atoms with Gasteiger partial charge in [0.05, 0.1) is 25.3 Å². The summed E-state index contributed by atoms with van der Waals surface area (Å²) in [5.41, 5.74) is 0.936. The number of aryl methyl sites for hydroxylation is 2. The largest absolute Gasteiger partial charge is 0.481 e. The summed E-state index contributed by atoms with van der Waals surface area (Å²) in [5, 5.41) is 2.81. The summed E-state index contributed by atoms with van der Waals surface area (Å²) >= 11 is 0. The van der Waals surface area contributed by atoms with Gasteiger partial charge in [0.15, 0.2) is 0 Å². The third kappa shape index (κ3) is 4.25. The van der Waals surface area contributed by atoms with E-state index in [0.29, 0.717) is 23.7 Å². The lowest BCUT2D eigenvalue weighted by atomic mass is 10.1. The van der Waals surface area contributed by atoms with Crippen LogP contribution in [0.1, 0.15) is 28.1 Å². The van der Waals surface area contributed by atoms with E-state index in [1.54, 1.807) is 37.6 Å². The monoisotopic (exact) mass is 367 g/mol. The fourth-order valence-corrected chi connectivity index (χ4v) is 2.75. The van der Waals surface area contributed by atoms with Crippen LogP contribution in [0.5, 0.6) is 5.88 Å². The maximum Gasteiger partial charge on any atom is 0.268 e. The zero-order valence-corrected chi connectivity index (χ0v) is 15.3. The van der Waals surface area contributed by atoms with E-state index in [9.17, 15) is 9.59 Å². The molecule has 7 nitrogen and oxygen atoms in total. The molecule has 0 unspecified atom stereocenters. The summed E-state index contributed by atoms with van der Waals surface area (Å²) in [5.74, 6) is 0.940. The molecule has 0 spiro atoms. The van der Waals surface area contributed by atoms with Crippen LogP contribution in [0.2, 0.25) is 0 Å². The number of rotatable bonds is 7. The highest BCUT2D eigenvalue weighted by atomic mass is 16.5. The molecule has 0 aliphatic rings. The summed E-state index contributed by atoms with van der Waals surface area (Å²) in [6.45, 7) is 2.20. The van der Waals surface area contributed by atoms with E-state index in [0.717, 1.165) is 18.6 Å². The van der Waals surface area contributed by atoms with Gasteiger partial charge >= 0.3 is 0 Å². The second kappa shape index (κ2) is 8.35. The van der Waals surface area contributed by atoms with Crippen molar-refractivity contribution in [2.75, 3.05) is 13.7 Å². The Bertz CT molecular complexity index is 960. The lowest BCUT2D eigenvalue weighted by Crippen LogP contribution is -2.34. The van der Waals surface area contributed by atoms with E-state index >= 15 is 0 Å². The Morgan fingerprint density at radius 2 is 2.15 bits per heavy atom. The van der Waals surface area contributed by atoms with Crippen molar-refractivity contribution < 1.29 is 13.9 Å². The highest BCUT2D eigenvalue weighted by molar-refractivity contribution is 5.95. The summed E-state index contributed by atoms with van der Waals surface area (Å²) in [4.78, 5) is 29.5. The number of aromatic nitrogens is 2. The summed E-state index contributed by atoms with van der Waals surface area (Å²) in [6, 6.07) is 8.84. The zero-order valence-electron chi connectivity index (χ0n) is 15.3. The Morgan fingerprint density at radius 3 is 2.81 bits per heavy atom. The average molecular weight is 367 g/mol. The molecule has 7 heteroatoms. The Balaban J connectivity index is 1.74. The maximum absolute atomic E-state index is 12.8. The molecule has 0 bridgehead atoms. The molecule has 3 rings (SSSR count). The van der Waals surface area contributed by atoms with Crippen molar-refractivity contribution in [3.05, 3.63) is 76.2 Å². The number of methoxy groups -OCH3 is 1. The van der Waals surface area contributed by atoms with Crippen LogP contribution in [0.3, 0.4) is 0 Å². The second-order valence-corrected chi connectivity index (χ2v) is 6.05. The van der Waals surface area contributed by atoms with Crippen LogP contribution < -0.4 is 15.6 Å². The van der Waals surface area contributed by atoms with Crippen LogP contribution in [0.25, 0.3) is 5.69 Å². The van der Waals surface area contributed by atoms with E-state index < -0.39 is 0 Å². The van der Waals surface area contributed by atoms with Crippen molar-refractivity contribution in [2.45, 2.75) is 19.8 Å². The number of nitrogens with zero attached hydrogens (tertiary/aromatic N) is 2. The van der Waals surface area contributed by atoms with Gasteiger partial charge in [0, 0.05) is 25.2 Å². The van der Waals surface area contributed by atoms with Gasteiger partial charge in [0.25, 0.3) is 11.5 Å². The average Bonchev–Trinajstić information content (AvgIpc) is 3.19. The van der Waals surface area contributed by atoms with Crippen molar-refractivity contribution in [2.24, 2.45) is 0 Å². The van der Waals surface area contributed by atoms with Gasteiger partial charge in [-0.15, -0.1) is 0 Å². The van der Waals surface area contributed by atoms with Crippen LogP contribution in [0.4, 0.5) is 0 Å². The lowest BCUT2D eigenvalue weighted by molar-refractivity contribution is 0.0950. The first kappa shape index (κ1) is 18.4. The summed E-state index contributed by atoms with van der Waals surface area (Å²) < 4.78 is 11.7. The number of nitrogens with one attached hydrogen (secondary N) is 1. The molecule has 0 aliphatic carbocycles. The molecule has 0 aliphatic heterocycles. The Morgan fingerprint density at radius 1 is 1.30 bits per heavy atom. The first-order chi connectivity index (χ1) is 13.1. The summed E-state index contributed by atoms with van der Waals surface area (Å²) in [7, 11) is 1.52. The van der Waals surface area contributed by atoms with E-state index in [4.69, 9.17) is 9.15 Å². The molecule has 0 radical (unpaired) electrons. The van der Waals surface area contributed by atoms with Crippen LogP contribution in [-0.2, 0) is 6.42 Å². The Hall–Kier alpha value is -3.35. The number of pyridine rings is 2. The van der Waals surface area contributed by atoms with Gasteiger partial charge in [-0.3, -0.25) is 14.2 Å². The molecule has 0 saturated carbocycles. The Kier molecular flexibility index (Phi) is 5.71. The molecular weight excluding hydrogens is 346 g/mol. The minimum atomic E-state index is -0.384. The lowest BCUT2D eigenvalue weighted by Gasteiger charge is -2.11. The molecule has 3 heterocycles.